The van der Waals surface area contributed by atoms with Gasteiger partial charge in [-0.15, -0.1) is 0 Å². The van der Waals surface area contributed by atoms with Gasteiger partial charge in [-0.3, -0.25) is 14.6 Å². The lowest BCUT2D eigenvalue weighted by Crippen LogP contribution is -2.53. The van der Waals surface area contributed by atoms with Crippen LogP contribution in [0.5, 0.6) is 0 Å². The molecule has 2 atom stereocenters. The molecule has 5 aromatic rings. The number of pyridine rings is 1. The number of nitrogens with one attached hydrogen (secondary N) is 1. The van der Waals surface area contributed by atoms with Crippen LogP contribution in [0.15, 0.2) is 152 Å². The Balaban J connectivity index is 1.32. The number of hydrogen-bond donors (Lipinski definition) is 2. The van der Waals surface area contributed by atoms with Crippen molar-refractivity contribution in [3.63, 3.8) is 0 Å². The Labute approximate surface area is 287 Å². The third-order valence-corrected chi connectivity index (χ3v) is 9.81. The van der Waals surface area contributed by atoms with Gasteiger partial charge in [0.05, 0.1) is 6.67 Å². The molecule has 4 aromatic carbocycles. The number of aryl methyl sites for hydroxylation is 1. The summed E-state index contributed by atoms with van der Waals surface area (Å²) in [5.41, 5.74) is 3.35. The number of nitrogens with zero attached hydrogens (tertiary/aromatic N) is 3. The fourth-order valence-electron chi connectivity index (χ4n) is 7.53. The third kappa shape index (κ3) is 6.14. The van der Waals surface area contributed by atoms with Gasteiger partial charge in [0.1, 0.15) is 16.8 Å². The van der Waals surface area contributed by atoms with E-state index in [4.69, 9.17) is 0 Å². The zero-order chi connectivity index (χ0) is 33.8. The Morgan fingerprint density at radius 2 is 1.37 bits per heavy atom. The Hall–Kier alpha value is -5.53. The van der Waals surface area contributed by atoms with Crippen LogP contribution in [0.1, 0.15) is 58.4 Å². The molecule has 246 valence electrons. The number of amides is 1. The highest BCUT2D eigenvalue weighted by Crippen LogP contribution is 2.46. The van der Waals surface area contributed by atoms with Crippen molar-refractivity contribution in [1.82, 2.24) is 15.2 Å². The van der Waals surface area contributed by atoms with E-state index in [-0.39, 0.29) is 18.1 Å². The second-order valence-electron chi connectivity index (χ2n) is 13.0. The molecule has 7 heteroatoms. The van der Waals surface area contributed by atoms with Crippen LogP contribution in [0.4, 0.5) is 5.69 Å². The predicted octanol–water partition coefficient (Wildman–Crippen LogP) is 6.98. The molecular formula is C42H40N4O3. The summed E-state index contributed by atoms with van der Waals surface area (Å²) in [6.45, 7) is 2.34. The van der Waals surface area contributed by atoms with Crippen molar-refractivity contribution in [2.75, 3.05) is 11.6 Å². The molecule has 1 fully saturated rings. The quantitative estimate of drug-likeness (QED) is 0.133. The van der Waals surface area contributed by atoms with E-state index in [0.717, 1.165) is 28.1 Å². The predicted molar refractivity (Wildman–Crippen MR) is 192 cm³/mol. The van der Waals surface area contributed by atoms with Gasteiger partial charge in [-0.05, 0) is 55.0 Å². The van der Waals surface area contributed by atoms with E-state index in [2.05, 4.69) is 56.5 Å². The Morgan fingerprint density at radius 3 is 1.92 bits per heavy atom. The number of rotatable bonds is 9. The van der Waals surface area contributed by atoms with Crippen molar-refractivity contribution in [2.45, 2.75) is 49.8 Å². The normalized spacial score (nSPS) is 19.3. The van der Waals surface area contributed by atoms with Gasteiger partial charge < -0.3 is 20.2 Å². The van der Waals surface area contributed by atoms with Crippen molar-refractivity contribution in [2.24, 2.45) is 0 Å². The summed E-state index contributed by atoms with van der Waals surface area (Å²) < 4.78 is 0. The van der Waals surface area contributed by atoms with E-state index >= 15 is 0 Å². The summed E-state index contributed by atoms with van der Waals surface area (Å²) in [4.78, 5) is 36.9. The van der Waals surface area contributed by atoms with Crippen LogP contribution < -0.4 is 10.2 Å². The first-order chi connectivity index (χ1) is 23.9. The number of hydrogen-bond acceptors (Lipinski definition) is 6. The number of Topliss-reactive ketones (excluding diaryl/α,β-unsaturated/α-hetero) is 1. The number of ketones is 1. The summed E-state index contributed by atoms with van der Waals surface area (Å²) in [6.07, 6.45) is 5.49. The maximum absolute atomic E-state index is 14.7. The molecular weight excluding hydrogens is 608 g/mol. The SMILES string of the molecule is Cc1cc(N2C=C(C(=O)NC3CCCC(O)(C(=O)c4ccccc4)C3)N(C(c3ccccc3)(c3ccccc3)c3ccccc3)C2)ccn1. The number of carbonyl (C=O) groups is 2. The first-order valence-electron chi connectivity index (χ1n) is 16.9. The molecule has 0 saturated heterocycles. The van der Waals surface area contributed by atoms with Gasteiger partial charge in [0.2, 0.25) is 0 Å². The van der Waals surface area contributed by atoms with Crippen molar-refractivity contribution in [3.8, 4) is 0 Å². The molecule has 7 nitrogen and oxygen atoms in total. The van der Waals surface area contributed by atoms with Crippen LogP contribution in [0.3, 0.4) is 0 Å². The number of carbonyl (C=O) groups excluding carboxylic acids is 2. The topological polar surface area (TPSA) is 85.8 Å². The van der Waals surface area contributed by atoms with Crippen LogP contribution in [0.2, 0.25) is 0 Å². The van der Waals surface area contributed by atoms with Crippen LogP contribution in [-0.2, 0) is 10.3 Å². The van der Waals surface area contributed by atoms with Crippen molar-refractivity contribution in [3.05, 3.63) is 180 Å². The van der Waals surface area contributed by atoms with Crippen molar-refractivity contribution >= 4 is 17.4 Å². The molecule has 1 amide bonds. The molecule has 0 spiro atoms. The summed E-state index contributed by atoms with van der Waals surface area (Å²) in [5, 5.41) is 14.9. The van der Waals surface area contributed by atoms with E-state index < -0.39 is 17.2 Å². The average Bonchev–Trinajstić information content (AvgIpc) is 3.60. The summed E-state index contributed by atoms with van der Waals surface area (Å²) in [7, 11) is 0. The van der Waals surface area contributed by atoms with Crippen LogP contribution in [0.25, 0.3) is 0 Å². The minimum absolute atomic E-state index is 0.147. The zero-order valence-corrected chi connectivity index (χ0v) is 27.6. The third-order valence-electron chi connectivity index (χ3n) is 9.81. The lowest BCUT2D eigenvalue weighted by molar-refractivity contribution is -0.120. The second-order valence-corrected chi connectivity index (χ2v) is 13.0. The van der Waals surface area contributed by atoms with E-state index in [1.54, 1.807) is 30.5 Å². The second kappa shape index (κ2) is 13.5. The molecule has 1 aliphatic carbocycles. The highest BCUT2D eigenvalue weighted by molar-refractivity contribution is 6.02. The van der Waals surface area contributed by atoms with E-state index in [9.17, 15) is 14.7 Å². The largest absolute Gasteiger partial charge is 0.382 e. The molecule has 1 saturated carbocycles. The number of benzene rings is 4. The zero-order valence-electron chi connectivity index (χ0n) is 27.6. The molecule has 49 heavy (non-hydrogen) atoms. The Bertz CT molecular complexity index is 1850. The molecule has 2 aliphatic rings. The molecule has 1 aromatic heterocycles. The standard InChI is InChI=1S/C42H40N4O3/c1-31-27-37(24-26-43-31)45-29-38(40(48)44-36-23-14-25-41(49,28-36)39(47)32-15-6-2-7-16-32)46(30-45)42(33-17-8-3-9-18-33,34-19-10-4-11-20-34)35-21-12-5-13-22-35/h2-13,15-22,24,26-27,29,36,49H,14,23,25,28,30H2,1H3,(H,44,48). The van der Waals surface area contributed by atoms with Gasteiger partial charge in [0, 0.05) is 41.8 Å². The first-order valence-corrected chi connectivity index (χ1v) is 16.9. The Morgan fingerprint density at radius 1 is 0.816 bits per heavy atom. The fourth-order valence-corrected chi connectivity index (χ4v) is 7.53. The number of anilines is 1. The van der Waals surface area contributed by atoms with Gasteiger partial charge in [-0.2, -0.15) is 0 Å². The van der Waals surface area contributed by atoms with Gasteiger partial charge in [-0.25, -0.2) is 0 Å². The van der Waals surface area contributed by atoms with Crippen LogP contribution in [-0.4, -0.2) is 45.0 Å². The summed E-state index contributed by atoms with van der Waals surface area (Å²) in [6, 6.07) is 43.4. The summed E-state index contributed by atoms with van der Waals surface area (Å²) >= 11 is 0. The highest BCUT2D eigenvalue weighted by Gasteiger charge is 2.48. The van der Waals surface area contributed by atoms with E-state index in [0.29, 0.717) is 37.2 Å². The van der Waals surface area contributed by atoms with Gasteiger partial charge in [0.15, 0.2) is 5.78 Å². The number of aromatic nitrogens is 1. The van der Waals surface area contributed by atoms with Gasteiger partial charge in [-0.1, -0.05) is 121 Å². The molecule has 0 radical (unpaired) electrons. The number of aliphatic hydroxyl groups is 1. The van der Waals surface area contributed by atoms with E-state index in [1.807, 2.05) is 85.9 Å². The molecule has 2 unspecified atom stereocenters. The first kappa shape index (κ1) is 32.0. The van der Waals surface area contributed by atoms with Gasteiger partial charge >= 0.3 is 0 Å². The average molecular weight is 649 g/mol. The minimum atomic E-state index is -1.55. The van der Waals surface area contributed by atoms with Crippen LogP contribution in [0, 0.1) is 6.92 Å². The molecule has 2 N–H and O–H groups in total. The smallest absolute Gasteiger partial charge is 0.269 e. The fraction of sp³-hybridized carbons (Fsp3) is 0.214. The Kier molecular flexibility index (Phi) is 8.85. The highest BCUT2D eigenvalue weighted by atomic mass is 16.3. The lowest BCUT2D eigenvalue weighted by Gasteiger charge is -2.46. The van der Waals surface area contributed by atoms with Crippen molar-refractivity contribution in [1.29, 1.82) is 0 Å². The van der Waals surface area contributed by atoms with Crippen LogP contribution >= 0.6 is 0 Å². The molecule has 2 heterocycles. The van der Waals surface area contributed by atoms with Gasteiger partial charge in [0.25, 0.3) is 5.91 Å². The molecule has 0 bridgehead atoms. The molecule has 7 rings (SSSR count). The lowest BCUT2D eigenvalue weighted by atomic mass is 9.75. The van der Waals surface area contributed by atoms with Crippen molar-refractivity contribution < 1.29 is 14.7 Å². The maximum Gasteiger partial charge on any atom is 0.269 e. The summed E-state index contributed by atoms with van der Waals surface area (Å²) in [5.74, 6) is -0.564. The maximum atomic E-state index is 14.7. The molecule has 1 aliphatic heterocycles. The monoisotopic (exact) mass is 648 g/mol. The minimum Gasteiger partial charge on any atom is -0.382 e. The van der Waals surface area contributed by atoms with E-state index in [1.165, 1.54) is 0 Å².